The third-order valence-corrected chi connectivity index (χ3v) is 3.94. The highest BCUT2D eigenvalue weighted by atomic mass is 16.5. The summed E-state index contributed by atoms with van der Waals surface area (Å²) in [7, 11) is 0. The zero-order valence-corrected chi connectivity index (χ0v) is 15.7. The molecule has 23 heavy (non-hydrogen) atoms. The summed E-state index contributed by atoms with van der Waals surface area (Å²) < 4.78 is 4.98. The minimum absolute atomic E-state index is 0.124. The molecule has 0 amide bonds. The summed E-state index contributed by atoms with van der Waals surface area (Å²) >= 11 is 0. The van der Waals surface area contributed by atoms with Crippen LogP contribution in [-0.4, -0.2) is 17.7 Å². The first-order valence-corrected chi connectivity index (χ1v) is 8.49. The maximum Gasteiger partial charge on any atom is 0.305 e. The van der Waals surface area contributed by atoms with E-state index in [1.54, 1.807) is 0 Å². The summed E-state index contributed by atoms with van der Waals surface area (Å²) in [6.07, 6.45) is 2.01. The standard InChI is InChI=1S/C20H32O3/c1-8-23-17(21)11-9-10-14-12-15(19(2,3)4)18(22)16(13-14)20(5,6)7/h12-13,22H,8-11H2,1-7H3. The third-order valence-electron chi connectivity index (χ3n) is 3.94. The van der Waals surface area contributed by atoms with E-state index in [4.69, 9.17) is 4.74 Å². The molecule has 0 atom stereocenters. The van der Waals surface area contributed by atoms with Crippen molar-refractivity contribution in [3.8, 4) is 5.75 Å². The van der Waals surface area contributed by atoms with Crippen molar-refractivity contribution in [3.05, 3.63) is 28.8 Å². The molecule has 0 saturated heterocycles. The molecular weight excluding hydrogens is 288 g/mol. The molecule has 0 bridgehead atoms. The van der Waals surface area contributed by atoms with Crippen LogP contribution in [0, 0.1) is 0 Å². The van der Waals surface area contributed by atoms with Gasteiger partial charge in [-0.3, -0.25) is 4.79 Å². The van der Waals surface area contributed by atoms with Crippen molar-refractivity contribution in [3.63, 3.8) is 0 Å². The number of hydrogen-bond acceptors (Lipinski definition) is 3. The molecule has 130 valence electrons. The lowest BCUT2D eigenvalue weighted by molar-refractivity contribution is -0.143. The molecule has 0 saturated carbocycles. The third kappa shape index (κ3) is 5.56. The number of carbonyl (C=O) groups excluding carboxylic acids is 1. The van der Waals surface area contributed by atoms with Crippen molar-refractivity contribution >= 4 is 5.97 Å². The van der Waals surface area contributed by atoms with E-state index < -0.39 is 0 Å². The van der Waals surface area contributed by atoms with Gasteiger partial charge in [-0.1, -0.05) is 53.7 Å². The quantitative estimate of drug-likeness (QED) is 0.787. The molecule has 0 radical (unpaired) electrons. The molecular formula is C20H32O3. The summed E-state index contributed by atoms with van der Waals surface area (Å²) in [5.41, 5.74) is 2.86. The van der Waals surface area contributed by atoms with E-state index >= 15 is 0 Å². The fourth-order valence-corrected chi connectivity index (χ4v) is 2.65. The Morgan fingerprint density at radius 2 is 1.52 bits per heavy atom. The van der Waals surface area contributed by atoms with Crippen molar-refractivity contribution in [2.45, 2.75) is 78.6 Å². The molecule has 0 heterocycles. The number of aryl methyl sites for hydroxylation is 1. The zero-order chi connectivity index (χ0) is 17.8. The maximum absolute atomic E-state index is 11.5. The number of aromatic hydroxyl groups is 1. The Labute approximate surface area is 141 Å². The molecule has 3 heteroatoms. The summed E-state index contributed by atoms with van der Waals surface area (Å²) in [4.78, 5) is 11.5. The second-order valence-corrected chi connectivity index (χ2v) is 8.20. The monoisotopic (exact) mass is 320 g/mol. The van der Waals surface area contributed by atoms with E-state index in [1.165, 1.54) is 5.56 Å². The van der Waals surface area contributed by atoms with Gasteiger partial charge in [0.2, 0.25) is 0 Å². The first-order valence-electron chi connectivity index (χ1n) is 8.49. The van der Waals surface area contributed by atoms with E-state index in [2.05, 4.69) is 53.7 Å². The predicted molar refractivity (Wildman–Crippen MR) is 95.1 cm³/mol. The van der Waals surface area contributed by atoms with Crippen molar-refractivity contribution < 1.29 is 14.6 Å². The zero-order valence-electron chi connectivity index (χ0n) is 15.7. The Morgan fingerprint density at radius 3 is 1.91 bits per heavy atom. The molecule has 1 aromatic carbocycles. The van der Waals surface area contributed by atoms with E-state index in [-0.39, 0.29) is 16.8 Å². The van der Waals surface area contributed by atoms with Crippen molar-refractivity contribution in [1.29, 1.82) is 0 Å². The van der Waals surface area contributed by atoms with E-state index in [0.29, 0.717) is 18.8 Å². The molecule has 0 aliphatic rings. The normalized spacial score (nSPS) is 12.3. The Morgan fingerprint density at radius 1 is 1.04 bits per heavy atom. The molecule has 1 aromatic rings. The second kappa shape index (κ2) is 7.37. The SMILES string of the molecule is CCOC(=O)CCCc1cc(C(C)(C)C)c(O)c(C(C)(C)C)c1. The molecule has 0 aromatic heterocycles. The van der Waals surface area contributed by atoms with Gasteiger partial charge in [0.1, 0.15) is 5.75 Å². The second-order valence-electron chi connectivity index (χ2n) is 8.20. The van der Waals surface area contributed by atoms with E-state index in [0.717, 1.165) is 24.0 Å². The minimum atomic E-state index is -0.140. The Kier molecular flexibility index (Phi) is 6.26. The molecule has 0 unspecified atom stereocenters. The maximum atomic E-state index is 11.5. The molecule has 0 fully saturated rings. The lowest BCUT2D eigenvalue weighted by Crippen LogP contribution is -2.18. The van der Waals surface area contributed by atoms with Crippen LogP contribution >= 0.6 is 0 Å². The Hall–Kier alpha value is -1.51. The van der Waals surface area contributed by atoms with Gasteiger partial charge in [0, 0.05) is 6.42 Å². The van der Waals surface area contributed by atoms with Crippen molar-refractivity contribution in [1.82, 2.24) is 0 Å². The lowest BCUT2D eigenvalue weighted by Gasteiger charge is -2.28. The van der Waals surface area contributed by atoms with Crippen molar-refractivity contribution in [2.24, 2.45) is 0 Å². The van der Waals surface area contributed by atoms with Gasteiger partial charge in [0.25, 0.3) is 0 Å². The number of ether oxygens (including phenoxy) is 1. The molecule has 0 aliphatic heterocycles. The molecule has 1 rings (SSSR count). The number of esters is 1. The first-order chi connectivity index (χ1) is 10.5. The number of phenols is 1. The summed E-state index contributed by atoms with van der Waals surface area (Å²) in [5.74, 6) is 0.262. The minimum Gasteiger partial charge on any atom is -0.507 e. The highest BCUT2D eigenvalue weighted by Crippen LogP contribution is 2.40. The van der Waals surface area contributed by atoms with Gasteiger partial charge in [0.05, 0.1) is 6.61 Å². The van der Waals surface area contributed by atoms with Crippen LogP contribution in [0.3, 0.4) is 0 Å². The number of benzene rings is 1. The Bertz CT molecular complexity index is 510. The van der Waals surface area contributed by atoms with Gasteiger partial charge < -0.3 is 9.84 Å². The fraction of sp³-hybridized carbons (Fsp3) is 0.650. The lowest BCUT2D eigenvalue weighted by atomic mass is 9.78. The van der Waals surface area contributed by atoms with Gasteiger partial charge in [0.15, 0.2) is 0 Å². The van der Waals surface area contributed by atoms with Crippen LogP contribution in [0.4, 0.5) is 0 Å². The van der Waals surface area contributed by atoms with E-state index in [9.17, 15) is 9.90 Å². The molecule has 0 aliphatic carbocycles. The highest BCUT2D eigenvalue weighted by Gasteiger charge is 2.26. The number of hydrogen-bond donors (Lipinski definition) is 1. The van der Waals surface area contributed by atoms with Gasteiger partial charge in [-0.05, 0) is 47.3 Å². The summed E-state index contributed by atoms with van der Waals surface area (Å²) in [6.45, 7) is 14.9. The predicted octanol–water partition coefficient (Wildman–Crippen LogP) is 4.87. The van der Waals surface area contributed by atoms with Crippen LogP contribution in [0.2, 0.25) is 0 Å². The topological polar surface area (TPSA) is 46.5 Å². The van der Waals surface area contributed by atoms with Gasteiger partial charge in [-0.25, -0.2) is 0 Å². The van der Waals surface area contributed by atoms with Crippen LogP contribution in [-0.2, 0) is 26.8 Å². The molecule has 0 spiro atoms. The van der Waals surface area contributed by atoms with Crippen LogP contribution in [0.25, 0.3) is 0 Å². The summed E-state index contributed by atoms with van der Waals surface area (Å²) in [6, 6.07) is 4.16. The van der Waals surface area contributed by atoms with Gasteiger partial charge >= 0.3 is 5.97 Å². The first kappa shape index (κ1) is 19.5. The fourth-order valence-electron chi connectivity index (χ4n) is 2.65. The van der Waals surface area contributed by atoms with Gasteiger partial charge in [-0.15, -0.1) is 0 Å². The number of rotatable bonds is 5. The smallest absolute Gasteiger partial charge is 0.305 e. The van der Waals surface area contributed by atoms with Crippen LogP contribution in [0.1, 0.15) is 78.0 Å². The van der Waals surface area contributed by atoms with Gasteiger partial charge in [-0.2, -0.15) is 0 Å². The average molecular weight is 320 g/mol. The summed E-state index contributed by atoms with van der Waals surface area (Å²) in [5, 5.41) is 10.7. The number of carbonyl (C=O) groups is 1. The van der Waals surface area contributed by atoms with Crippen LogP contribution < -0.4 is 0 Å². The van der Waals surface area contributed by atoms with Crippen molar-refractivity contribution in [2.75, 3.05) is 6.61 Å². The van der Waals surface area contributed by atoms with E-state index in [1.807, 2.05) is 6.92 Å². The average Bonchev–Trinajstić information content (AvgIpc) is 2.38. The van der Waals surface area contributed by atoms with Crippen LogP contribution in [0.15, 0.2) is 12.1 Å². The Balaban J connectivity index is 3.07. The molecule has 1 N–H and O–H groups in total. The number of phenolic OH excluding ortho intramolecular Hbond substituents is 1. The molecule has 3 nitrogen and oxygen atoms in total. The highest BCUT2D eigenvalue weighted by molar-refractivity contribution is 5.69. The van der Waals surface area contributed by atoms with Crippen LogP contribution in [0.5, 0.6) is 5.75 Å². The largest absolute Gasteiger partial charge is 0.507 e.